The number of hydrogen-bond donors (Lipinski definition) is 1. The van der Waals surface area contributed by atoms with Gasteiger partial charge in [0.25, 0.3) is 0 Å². The molecule has 0 unspecified atom stereocenters. The minimum atomic E-state index is 0.0840. The van der Waals surface area contributed by atoms with Crippen LogP contribution in [-0.2, 0) is 18.2 Å². The average molecular weight is 433 g/mol. The van der Waals surface area contributed by atoms with Crippen molar-refractivity contribution in [1.82, 2.24) is 14.7 Å². The SMILES string of the molecule is CC1=C(C(=N[C@H]2CCOC2)C2=CCCc3cc(-c4cnn(C)c4)ccc32)CN(CO)CC1. The highest BCUT2D eigenvalue weighted by Crippen LogP contribution is 2.35. The third-order valence-corrected chi connectivity index (χ3v) is 6.85. The average Bonchev–Trinajstić information content (AvgIpc) is 3.49. The van der Waals surface area contributed by atoms with Gasteiger partial charge >= 0.3 is 0 Å². The molecule has 0 bridgehead atoms. The van der Waals surface area contributed by atoms with Gasteiger partial charge in [-0.1, -0.05) is 29.8 Å². The summed E-state index contributed by atoms with van der Waals surface area (Å²) in [5.41, 5.74) is 10.00. The van der Waals surface area contributed by atoms with Crippen molar-refractivity contribution in [2.24, 2.45) is 12.0 Å². The van der Waals surface area contributed by atoms with Gasteiger partial charge in [-0.2, -0.15) is 5.10 Å². The fraction of sp³-hybridized carbons (Fsp3) is 0.462. The minimum Gasteiger partial charge on any atom is -0.381 e. The summed E-state index contributed by atoms with van der Waals surface area (Å²) in [7, 11) is 1.95. The van der Waals surface area contributed by atoms with Crippen LogP contribution in [0, 0.1) is 0 Å². The summed E-state index contributed by atoms with van der Waals surface area (Å²) in [5, 5.41) is 14.1. The van der Waals surface area contributed by atoms with Crippen LogP contribution in [0.25, 0.3) is 16.7 Å². The third kappa shape index (κ3) is 4.22. The number of aromatic nitrogens is 2. The van der Waals surface area contributed by atoms with E-state index in [9.17, 15) is 5.11 Å². The zero-order chi connectivity index (χ0) is 22.1. The van der Waals surface area contributed by atoms with Crippen LogP contribution in [0.5, 0.6) is 0 Å². The van der Waals surface area contributed by atoms with Crippen LogP contribution in [-0.4, -0.2) is 64.6 Å². The van der Waals surface area contributed by atoms with E-state index < -0.39 is 0 Å². The first-order chi connectivity index (χ1) is 15.6. The molecule has 6 heteroatoms. The topological polar surface area (TPSA) is 62.9 Å². The molecule has 0 amide bonds. The molecule has 2 aliphatic heterocycles. The third-order valence-electron chi connectivity index (χ3n) is 6.85. The van der Waals surface area contributed by atoms with Gasteiger partial charge in [0.1, 0.15) is 0 Å². The number of hydrogen-bond acceptors (Lipinski definition) is 5. The highest BCUT2D eigenvalue weighted by molar-refractivity contribution is 6.32. The minimum absolute atomic E-state index is 0.0840. The van der Waals surface area contributed by atoms with Crippen molar-refractivity contribution in [1.29, 1.82) is 0 Å². The molecule has 0 spiro atoms. The van der Waals surface area contributed by atoms with Crippen molar-refractivity contribution >= 4 is 11.3 Å². The maximum atomic E-state index is 9.79. The first-order valence-electron chi connectivity index (χ1n) is 11.6. The quantitative estimate of drug-likeness (QED) is 0.733. The second-order valence-corrected chi connectivity index (χ2v) is 9.13. The predicted octanol–water partition coefficient (Wildman–Crippen LogP) is 3.62. The summed E-state index contributed by atoms with van der Waals surface area (Å²) < 4.78 is 7.48. The molecule has 0 saturated carbocycles. The smallest absolute Gasteiger partial charge is 0.0959 e. The Labute approximate surface area is 189 Å². The van der Waals surface area contributed by atoms with Crippen molar-refractivity contribution in [3.63, 3.8) is 0 Å². The molecule has 3 heterocycles. The van der Waals surface area contributed by atoms with Gasteiger partial charge in [-0.15, -0.1) is 0 Å². The number of aryl methyl sites for hydroxylation is 2. The summed E-state index contributed by atoms with van der Waals surface area (Å²) in [6, 6.07) is 6.98. The molecular formula is C26H32N4O2. The van der Waals surface area contributed by atoms with Gasteiger partial charge in [-0.05, 0) is 54.9 Å². The lowest BCUT2D eigenvalue weighted by atomic mass is 9.82. The maximum Gasteiger partial charge on any atom is 0.0959 e. The standard InChI is InChI=1S/C26H32N4O2/c1-18-8-10-30(17-31)15-25(18)26(28-22-9-11-32-16-22)24-5-3-4-20-12-19(6-7-23(20)24)21-13-27-29(2)14-21/h5-7,12-14,22,31H,3-4,8-11,15-17H2,1-2H3/t22-/m0/s1. The van der Waals surface area contributed by atoms with Crippen LogP contribution in [0.2, 0.25) is 0 Å². The van der Waals surface area contributed by atoms with Gasteiger partial charge in [0.2, 0.25) is 0 Å². The molecule has 2 aromatic rings. The van der Waals surface area contributed by atoms with Crippen molar-refractivity contribution in [3.05, 3.63) is 58.9 Å². The number of aliphatic imine (C=N–C) groups is 1. The molecule has 6 nitrogen and oxygen atoms in total. The van der Waals surface area contributed by atoms with Crippen LogP contribution in [0.3, 0.4) is 0 Å². The van der Waals surface area contributed by atoms with Crippen LogP contribution in [0.15, 0.2) is 52.8 Å². The number of allylic oxidation sites excluding steroid dienone is 2. The van der Waals surface area contributed by atoms with Gasteiger partial charge in [0, 0.05) is 44.1 Å². The Morgan fingerprint density at radius 3 is 2.94 bits per heavy atom. The lowest BCUT2D eigenvalue weighted by Gasteiger charge is -2.31. The van der Waals surface area contributed by atoms with Crippen molar-refractivity contribution < 1.29 is 9.84 Å². The zero-order valence-corrected chi connectivity index (χ0v) is 19.0. The van der Waals surface area contributed by atoms with Crippen molar-refractivity contribution in [2.45, 2.75) is 38.6 Å². The van der Waals surface area contributed by atoms with E-state index in [1.54, 1.807) is 0 Å². The largest absolute Gasteiger partial charge is 0.381 e. The Hall–Kier alpha value is -2.54. The second kappa shape index (κ2) is 9.14. The van der Waals surface area contributed by atoms with Crippen molar-refractivity contribution in [2.75, 3.05) is 33.0 Å². The Morgan fingerprint density at radius 1 is 1.28 bits per heavy atom. The Balaban J connectivity index is 1.56. The Morgan fingerprint density at radius 2 is 2.19 bits per heavy atom. The van der Waals surface area contributed by atoms with E-state index in [1.165, 1.54) is 33.4 Å². The van der Waals surface area contributed by atoms with Crippen LogP contribution < -0.4 is 0 Å². The van der Waals surface area contributed by atoms with Crippen molar-refractivity contribution in [3.8, 4) is 11.1 Å². The van der Waals surface area contributed by atoms with Gasteiger partial charge in [0.05, 0.1) is 31.3 Å². The summed E-state index contributed by atoms with van der Waals surface area (Å²) >= 11 is 0. The highest BCUT2D eigenvalue weighted by Gasteiger charge is 2.27. The zero-order valence-electron chi connectivity index (χ0n) is 19.0. The van der Waals surface area contributed by atoms with E-state index in [0.717, 1.165) is 56.7 Å². The van der Waals surface area contributed by atoms with E-state index in [2.05, 4.69) is 47.4 Å². The lowest BCUT2D eigenvalue weighted by Crippen LogP contribution is -2.35. The monoisotopic (exact) mass is 432 g/mol. The number of benzene rings is 1. The maximum absolute atomic E-state index is 9.79. The van der Waals surface area contributed by atoms with E-state index in [0.29, 0.717) is 6.61 Å². The molecule has 32 heavy (non-hydrogen) atoms. The van der Waals surface area contributed by atoms with Crippen LogP contribution >= 0.6 is 0 Å². The Kier molecular flexibility index (Phi) is 6.09. The first kappa shape index (κ1) is 21.3. The number of rotatable bonds is 5. The summed E-state index contributed by atoms with van der Waals surface area (Å²) in [4.78, 5) is 7.36. The highest BCUT2D eigenvalue weighted by atomic mass is 16.5. The number of aliphatic hydroxyl groups is 1. The molecule has 1 saturated heterocycles. The molecule has 1 aliphatic carbocycles. The molecule has 1 aromatic heterocycles. The first-order valence-corrected chi connectivity index (χ1v) is 11.6. The van der Waals surface area contributed by atoms with Crippen LogP contribution in [0.1, 0.15) is 37.3 Å². The number of nitrogens with zero attached hydrogens (tertiary/aromatic N) is 4. The van der Waals surface area contributed by atoms with Gasteiger partial charge in [-0.3, -0.25) is 14.6 Å². The number of aliphatic hydroxyl groups excluding tert-OH is 1. The Bertz CT molecular complexity index is 1090. The normalized spacial score (nSPS) is 22.3. The molecule has 1 aromatic carbocycles. The van der Waals surface area contributed by atoms with Gasteiger partial charge in [-0.25, -0.2) is 0 Å². The fourth-order valence-corrected chi connectivity index (χ4v) is 4.95. The fourth-order valence-electron chi connectivity index (χ4n) is 4.95. The van der Waals surface area contributed by atoms with E-state index >= 15 is 0 Å². The summed E-state index contributed by atoms with van der Waals surface area (Å²) in [5.74, 6) is 0. The molecule has 3 aliphatic rings. The number of fused-ring (bicyclic) bond motifs is 1. The van der Waals surface area contributed by atoms with E-state index in [-0.39, 0.29) is 12.8 Å². The van der Waals surface area contributed by atoms with Gasteiger partial charge < -0.3 is 9.84 Å². The van der Waals surface area contributed by atoms with E-state index in [1.807, 2.05) is 17.9 Å². The lowest BCUT2D eigenvalue weighted by molar-refractivity contribution is 0.114. The molecule has 168 valence electrons. The molecule has 0 radical (unpaired) electrons. The predicted molar refractivity (Wildman–Crippen MR) is 128 cm³/mol. The molecule has 1 N–H and O–H groups in total. The number of ether oxygens (including phenoxy) is 1. The van der Waals surface area contributed by atoms with Gasteiger partial charge in [0.15, 0.2) is 0 Å². The van der Waals surface area contributed by atoms with Crippen LogP contribution in [0.4, 0.5) is 0 Å². The molecule has 5 rings (SSSR count). The molecule has 1 atom stereocenters. The second-order valence-electron chi connectivity index (χ2n) is 9.13. The summed E-state index contributed by atoms with van der Waals surface area (Å²) in [6.07, 6.45) is 10.3. The summed E-state index contributed by atoms with van der Waals surface area (Å²) in [6.45, 7) is 5.43. The molecular weight excluding hydrogens is 400 g/mol. The van der Waals surface area contributed by atoms with E-state index in [4.69, 9.17) is 9.73 Å². The molecule has 1 fully saturated rings.